The number of thioether (sulfide) groups is 1. The van der Waals surface area contributed by atoms with E-state index in [2.05, 4.69) is 12.1 Å². The number of benzene rings is 2. The quantitative estimate of drug-likeness (QED) is 0.767. The van der Waals surface area contributed by atoms with Crippen molar-refractivity contribution in [2.24, 2.45) is 0 Å². The summed E-state index contributed by atoms with van der Waals surface area (Å²) in [5, 5.41) is 9.94. The van der Waals surface area contributed by atoms with Gasteiger partial charge in [-0.25, -0.2) is 4.39 Å². The first kappa shape index (κ1) is 15.1. The lowest BCUT2D eigenvalue weighted by molar-refractivity contribution is 0.186. The van der Waals surface area contributed by atoms with E-state index in [-0.39, 0.29) is 11.9 Å². The van der Waals surface area contributed by atoms with Crippen molar-refractivity contribution >= 4 is 11.8 Å². The first-order valence-corrected chi connectivity index (χ1v) is 7.83. The Labute approximate surface area is 123 Å². The highest BCUT2D eigenvalue weighted by Crippen LogP contribution is 2.20. The van der Waals surface area contributed by atoms with Gasteiger partial charge in [0.05, 0.1) is 6.10 Å². The molecule has 0 aliphatic rings. The number of aliphatic hydroxyl groups excluding tert-OH is 1. The minimum absolute atomic E-state index is 0.228. The second-order valence-electron chi connectivity index (χ2n) is 4.80. The Morgan fingerprint density at radius 2 is 1.85 bits per heavy atom. The van der Waals surface area contributed by atoms with Crippen molar-refractivity contribution in [3.63, 3.8) is 0 Å². The van der Waals surface area contributed by atoms with Crippen LogP contribution in [0, 0.1) is 5.82 Å². The molecule has 106 valence electrons. The molecule has 1 unspecified atom stereocenters. The third kappa shape index (κ3) is 5.35. The van der Waals surface area contributed by atoms with Crippen molar-refractivity contribution < 1.29 is 9.50 Å². The standard InChI is InChI=1S/C17H19FOS/c18-15-9-5-11-17(12-15)20-13-16(19)10-4-8-14-6-2-1-3-7-14/h1-3,5-7,9,11-12,16,19H,4,8,10,13H2. The number of rotatable bonds is 7. The Morgan fingerprint density at radius 1 is 1.05 bits per heavy atom. The summed E-state index contributed by atoms with van der Waals surface area (Å²) >= 11 is 1.50. The molecule has 0 fully saturated rings. The summed E-state index contributed by atoms with van der Waals surface area (Å²) in [6, 6.07) is 16.8. The minimum Gasteiger partial charge on any atom is -0.392 e. The van der Waals surface area contributed by atoms with Gasteiger partial charge >= 0.3 is 0 Å². The van der Waals surface area contributed by atoms with Crippen molar-refractivity contribution in [1.82, 2.24) is 0 Å². The average Bonchev–Trinajstić information content (AvgIpc) is 2.46. The summed E-state index contributed by atoms with van der Waals surface area (Å²) in [7, 11) is 0. The molecule has 0 spiro atoms. The van der Waals surface area contributed by atoms with Crippen molar-refractivity contribution in [1.29, 1.82) is 0 Å². The van der Waals surface area contributed by atoms with Crippen LogP contribution in [0.25, 0.3) is 0 Å². The van der Waals surface area contributed by atoms with Gasteiger partial charge in [0.25, 0.3) is 0 Å². The lowest BCUT2D eigenvalue weighted by Gasteiger charge is -2.10. The van der Waals surface area contributed by atoms with Crippen molar-refractivity contribution in [2.45, 2.75) is 30.3 Å². The molecule has 0 saturated heterocycles. The maximum Gasteiger partial charge on any atom is 0.124 e. The number of aliphatic hydroxyl groups is 1. The van der Waals surface area contributed by atoms with Crippen LogP contribution >= 0.6 is 11.8 Å². The summed E-state index contributed by atoms with van der Waals surface area (Å²) in [4.78, 5) is 0.868. The molecule has 1 N–H and O–H groups in total. The van der Waals surface area contributed by atoms with Gasteiger partial charge in [-0.3, -0.25) is 0 Å². The molecule has 0 amide bonds. The molecule has 0 bridgehead atoms. The first-order chi connectivity index (χ1) is 9.74. The lowest BCUT2D eigenvalue weighted by Crippen LogP contribution is -2.10. The molecule has 2 rings (SSSR count). The Kier molecular flexibility index (Phi) is 6.09. The van der Waals surface area contributed by atoms with Crippen LogP contribution in [0.15, 0.2) is 59.5 Å². The van der Waals surface area contributed by atoms with E-state index < -0.39 is 0 Å². The van der Waals surface area contributed by atoms with Crippen LogP contribution in [0.1, 0.15) is 18.4 Å². The van der Waals surface area contributed by atoms with E-state index in [9.17, 15) is 9.50 Å². The predicted molar refractivity (Wildman–Crippen MR) is 82.5 cm³/mol. The Bertz CT molecular complexity index is 515. The molecule has 3 heteroatoms. The van der Waals surface area contributed by atoms with Crippen molar-refractivity contribution in [3.8, 4) is 0 Å². The molecule has 2 aromatic rings. The molecule has 0 aliphatic carbocycles. The summed E-state index contributed by atoms with van der Waals surface area (Å²) in [5.41, 5.74) is 1.30. The molecular formula is C17H19FOS. The van der Waals surface area contributed by atoms with Gasteiger partial charge in [-0.1, -0.05) is 36.4 Å². The van der Waals surface area contributed by atoms with E-state index in [1.807, 2.05) is 24.3 Å². The summed E-state index contributed by atoms with van der Waals surface area (Å²) < 4.78 is 13.0. The Hall–Kier alpha value is -1.32. The highest BCUT2D eigenvalue weighted by Gasteiger charge is 2.06. The molecule has 1 atom stereocenters. The predicted octanol–water partition coefficient (Wildman–Crippen LogP) is 4.30. The van der Waals surface area contributed by atoms with Gasteiger partial charge in [-0.2, -0.15) is 0 Å². The van der Waals surface area contributed by atoms with Gasteiger partial charge in [0.2, 0.25) is 0 Å². The number of halogens is 1. The summed E-state index contributed by atoms with van der Waals surface area (Å²) in [6.07, 6.45) is 2.39. The smallest absolute Gasteiger partial charge is 0.124 e. The van der Waals surface area contributed by atoms with E-state index >= 15 is 0 Å². The van der Waals surface area contributed by atoms with E-state index in [1.165, 1.54) is 29.5 Å². The normalized spacial score (nSPS) is 12.3. The molecule has 0 radical (unpaired) electrons. The Morgan fingerprint density at radius 3 is 2.60 bits per heavy atom. The van der Waals surface area contributed by atoms with Gasteiger partial charge in [-0.15, -0.1) is 11.8 Å². The first-order valence-electron chi connectivity index (χ1n) is 6.84. The second-order valence-corrected chi connectivity index (χ2v) is 5.89. The van der Waals surface area contributed by atoms with Gasteiger partial charge in [0, 0.05) is 10.6 Å². The molecule has 0 aliphatic heterocycles. The van der Waals surface area contributed by atoms with Crippen LogP contribution in [0.4, 0.5) is 4.39 Å². The highest BCUT2D eigenvalue weighted by atomic mass is 32.2. The number of aryl methyl sites for hydroxylation is 1. The third-order valence-electron chi connectivity index (χ3n) is 3.08. The Balaban J connectivity index is 1.67. The fraction of sp³-hybridized carbons (Fsp3) is 0.294. The maximum atomic E-state index is 13.0. The van der Waals surface area contributed by atoms with Gasteiger partial charge in [-0.05, 0) is 43.0 Å². The summed E-state index contributed by atoms with van der Waals surface area (Å²) in [6.45, 7) is 0. The second kappa shape index (κ2) is 8.08. The zero-order valence-corrected chi connectivity index (χ0v) is 12.2. The van der Waals surface area contributed by atoms with Gasteiger partial charge < -0.3 is 5.11 Å². The molecule has 0 heterocycles. The third-order valence-corrected chi connectivity index (χ3v) is 4.22. The molecule has 20 heavy (non-hydrogen) atoms. The average molecular weight is 290 g/mol. The van der Waals surface area contributed by atoms with Gasteiger partial charge in [0.1, 0.15) is 5.82 Å². The monoisotopic (exact) mass is 290 g/mol. The molecule has 0 saturated carbocycles. The van der Waals surface area contributed by atoms with Crippen LogP contribution in [-0.4, -0.2) is 17.0 Å². The van der Waals surface area contributed by atoms with Crippen LogP contribution < -0.4 is 0 Å². The van der Waals surface area contributed by atoms with E-state index in [1.54, 1.807) is 6.07 Å². The van der Waals surface area contributed by atoms with E-state index in [0.717, 1.165) is 24.2 Å². The van der Waals surface area contributed by atoms with E-state index in [0.29, 0.717) is 5.75 Å². The summed E-state index contributed by atoms with van der Waals surface area (Å²) in [5.74, 6) is 0.381. The molecule has 2 aromatic carbocycles. The van der Waals surface area contributed by atoms with Gasteiger partial charge in [0.15, 0.2) is 0 Å². The largest absolute Gasteiger partial charge is 0.392 e. The maximum absolute atomic E-state index is 13.0. The highest BCUT2D eigenvalue weighted by molar-refractivity contribution is 7.99. The SMILES string of the molecule is OC(CCCc1ccccc1)CSc1cccc(F)c1. The molecule has 0 aromatic heterocycles. The zero-order valence-electron chi connectivity index (χ0n) is 11.3. The van der Waals surface area contributed by atoms with Crippen LogP contribution in [-0.2, 0) is 6.42 Å². The zero-order chi connectivity index (χ0) is 14.2. The molecule has 1 nitrogen and oxygen atoms in total. The number of hydrogen-bond acceptors (Lipinski definition) is 2. The van der Waals surface area contributed by atoms with Crippen molar-refractivity contribution in [2.75, 3.05) is 5.75 Å². The van der Waals surface area contributed by atoms with Crippen LogP contribution in [0.5, 0.6) is 0 Å². The topological polar surface area (TPSA) is 20.2 Å². The van der Waals surface area contributed by atoms with Crippen LogP contribution in [0.3, 0.4) is 0 Å². The molecular weight excluding hydrogens is 271 g/mol. The number of hydrogen-bond donors (Lipinski definition) is 1. The van der Waals surface area contributed by atoms with E-state index in [4.69, 9.17) is 0 Å². The fourth-order valence-electron chi connectivity index (χ4n) is 2.02. The van der Waals surface area contributed by atoms with Crippen LogP contribution in [0.2, 0.25) is 0 Å². The lowest BCUT2D eigenvalue weighted by atomic mass is 10.1. The van der Waals surface area contributed by atoms with Crippen molar-refractivity contribution in [3.05, 3.63) is 66.0 Å². The fourth-order valence-corrected chi connectivity index (χ4v) is 2.94. The minimum atomic E-state index is -0.341.